The van der Waals surface area contributed by atoms with E-state index in [9.17, 15) is 0 Å². The maximum Gasteiger partial charge on any atom is -0.0279 e. The summed E-state index contributed by atoms with van der Waals surface area (Å²) in [4.78, 5) is 0. The zero-order valence-corrected chi connectivity index (χ0v) is 4.91. The van der Waals surface area contributed by atoms with Crippen molar-refractivity contribution in [3.63, 3.8) is 0 Å². The molecule has 0 aromatic heterocycles. The van der Waals surface area contributed by atoms with E-state index in [1.807, 2.05) is 6.08 Å². The molecule has 2 radical (unpaired) electrons. The van der Waals surface area contributed by atoms with Crippen LogP contribution in [-0.4, -0.2) is 0 Å². The fourth-order valence-corrected chi connectivity index (χ4v) is 0.348. The first-order valence-corrected chi connectivity index (χ1v) is 2.76. The molecule has 0 amide bonds. The van der Waals surface area contributed by atoms with Crippen LogP contribution in [0.3, 0.4) is 0 Å². The molecule has 0 spiro atoms. The number of hydrogen-bond donors (Lipinski definition) is 0. The molecule has 0 heterocycles. The van der Waals surface area contributed by atoms with Gasteiger partial charge in [0.05, 0.1) is 0 Å². The van der Waals surface area contributed by atoms with Crippen LogP contribution >= 0.6 is 0 Å². The summed E-state index contributed by atoms with van der Waals surface area (Å²) in [5.74, 6) is 0. The van der Waals surface area contributed by atoms with E-state index in [-0.39, 0.29) is 0 Å². The van der Waals surface area contributed by atoms with Gasteiger partial charge in [0, 0.05) is 0 Å². The smallest absolute Gasteiger partial charge is 0.0279 e. The molecule has 0 bridgehead atoms. The van der Waals surface area contributed by atoms with E-state index in [2.05, 4.69) is 19.9 Å². The SMILES string of the molecule is [CH2]CC[C]=CCC. The normalized spacial score (nSPS) is 10.6. The third-order valence-electron chi connectivity index (χ3n) is 0.670. The minimum atomic E-state index is 0.969. The third kappa shape index (κ3) is 5.74. The van der Waals surface area contributed by atoms with Crippen molar-refractivity contribution in [2.75, 3.05) is 0 Å². The van der Waals surface area contributed by atoms with Gasteiger partial charge < -0.3 is 0 Å². The molecule has 0 heteroatoms. The van der Waals surface area contributed by atoms with Crippen molar-refractivity contribution >= 4 is 0 Å². The predicted octanol–water partition coefficient (Wildman–Crippen LogP) is 2.37. The van der Waals surface area contributed by atoms with E-state index in [0.717, 1.165) is 19.3 Å². The number of allylic oxidation sites excluding steroid dienone is 2. The second-order valence-electron chi connectivity index (χ2n) is 1.42. The fraction of sp³-hybridized carbons (Fsp3) is 0.571. The van der Waals surface area contributed by atoms with Crippen molar-refractivity contribution in [1.29, 1.82) is 0 Å². The summed E-state index contributed by atoms with van der Waals surface area (Å²) in [5.41, 5.74) is 0. The molecule has 0 saturated carbocycles. The number of hydrogen-bond acceptors (Lipinski definition) is 0. The average molecular weight is 96.2 g/mol. The molecule has 0 aliphatic heterocycles. The van der Waals surface area contributed by atoms with Gasteiger partial charge >= 0.3 is 0 Å². The van der Waals surface area contributed by atoms with E-state index in [1.54, 1.807) is 0 Å². The van der Waals surface area contributed by atoms with Crippen LogP contribution in [0.5, 0.6) is 0 Å². The van der Waals surface area contributed by atoms with Crippen molar-refractivity contribution in [3.05, 3.63) is 19.1 Å². The van der Waals surface area contributed by atoms with Crippen molar-refractivity contribution in [1.82, 2.24) is 0 Å². The summed E-state index contributed by atoms with van der Waals surface area (Å²) < 4.78 is 0. The van der Waals surface area contributed by atoms with Gasteiger partial charge in [-0.05, 0) is 25.3 Å². The lowest BCUT2D eigenvalue weighted by molar-refractivity contribution is 1.01. The Morgan fingerprint density at radius 3 is 2.86 bits per heavy atom. The van der Waals surface area contributed by atoms with E-state index in [1.165, 1.54) is 0 Å². The van der Waals surface area contributed by atoms with Crippen LogP contribution in [0.15, 0.2) is 6.08 Å². The minimum absolute atomic E-state index is 0.969. The van der Waals surface area contributed by atoms with Crippen molar-refractivity contribution < 1.29 is 0 Å². The van der Waals surface area contributed by atoms with Gasteiger partial charge in [-0.15, -0.1) is 0 Å². The molecule has 0 fully saturated rings. The molecule has 0 N–H and O–H groups in total. The Morgan fingerprint density at radius 2 is 2.43 bits per heavy atom. The highest BCUT2D eigenvalue weighted by molar-refractivity contribution is 4.71. The monoisotopic (exact) mass is 96.1 g/mol. The second kappa shape index (κ2) is 5.74. The lowest BCUT2D eigenvalue weighted by atomic mass is 10.3. The fourth-order valence-electron chi connectivity index (χ4n) is 0.348. The van der Waals surface area contributed by atoms with Crippen molar-refractivity contribution in [2.24, 2.45) is 0 Å². The zero-order chi connectivity index (χ0) is 5.54. The Balaban J connectivity index is 2.78. The van der Waals surface area contributed by atoms with Crippen LogP contribution in [-0.2, 0) is 0 Å². The summed E-state index contributed by atoms with van der Waals surface area (Å²) in [6.45, 7) is 5.78. The number of rotatable bonds is 3. The summed E-state index contributed by atoms with van der Waals surface area (Å²) >= 11 is 0. The Morgan fingerprint density at radius 1 is 1.71 bits per heavy atom. The van der Waals surface area contributed by atoms with E-state index < -0.39 is 0 Å². The first-order valence-electron chi connectivity index (χ1n) is 2.76. The summed E-state index contributed by atoms with van der Waals surface area (Å²) in [6.07, 6.45) is 8.22. The summed E-state index contributed by atoms with van der Waals surface area (Å²) in [6, 6.07) is 0. The van der Waals surface area contributed by atoms with E-state index >= 15 is 0 Å². The maximum absolute atomic E-state index is 3.67. The molecular formula is C7H12. The van der Waals surface area contributed by atoms with E-state index in [0.29, 0.717) is 0 Å². The molecule has 0 aromatic rings. The van der Waals surface area contributed by atoms with Gasteiger partial charge in [-0.1, -0.05) is 19.9 Å². The molecule has 0 atom stereocenters. The van der Waals surface area contributed by atoms with Crippen LogP contribution in [0.2, 0.25) is 0 Å². The molecule has 0 aromatic carbocycles. The lowest BCUT2D eigenvalue weighted by Gasteiger charge is -1.78. The Kier molecular flexibility index (Phi) is 5.53. The topological polar surface area (TPSA) is 0 Å². The maximum atomic E-state index is 3.67. The van der Waals surface area contributed by atoms with Crippen LogP contribution < -0.4 is 0 Å². The molecular weight excluding hydrogens is 84.1 g/mol. The van der Waals surface area contributed by atoms with Gasteiger partial charge in [0.1, 0.15) is 0 Å². The highest BCUT2D eigenvalue weighted by Gasteiger charge is 1.69. The molecule has 40 valence electrons. The molecule has 0 unspecified atom stereocenters. The van der Waals surface area contributed by atoms with E-state index in [4.69, 9.17) is 0 Å². The highest BCUT2D eigenvalue weighted by atomic mass is 13.7. The van der Waals surface area contributed by atoms with Gasteiger partial charge in [0.2, 0.25) is 0 Å². The first kappa shape index (κ1) is 6.74. The zero-order valence-electron chi connectivity index (χ0n) is 4.91. The van der Waals surface area contributed by atoms with Crippen LogP contribution in [0.25, 0.3) is 0 Å². The Bertz CT molecular complexity index is 44.0. The highest BCUT2D eigenvalue weighted by Crippen LogP contribution is 1.86. The molecule has 0 aliphatic rings. The number of unbranched alkanes of at least 4 members (excludes halogenated alkanes) is 1. The van der Waals surface area contributed by atoms with Gasteiger partial charge in [-0.3, -0.25) is 0 Å². The minimum Gasteiger partial charge on any atom is -0.0813 e. The van der Waals surface area contributed by atoms with Crippen molar-refractivity contribution in [3.8, 4) is 0 Å². The molecule has 0 aliphatic carbocycles. The van der Waals surface area contributed by atoms with Crippen LogP contribution in [0.4, 0.5) is 0 Å². The van der Waals surface area contributed by atoms with Gasteiger partial charge in [-0.25, -0.2) is 0 Å². The van der Waals surface area contributed by atoms with Gasteiger partial charge in [0.15, 0.2) is 0 Å². The standard InChI is InChI=1S/C7H12/c1-3-5-7-6-4-2/h6H,1,3-5H2,2H3. The molecule has 0 rings (SSSR count). The first-order chi connectivity index (χ1) is 3.41. The molecule has 0 nitrogen and oxygen atoms in total. The summed E-state index contributed by atoms with van der Waals surface area (Å²) in [7, 11) is 0. The molecule has 7 heavy (non-hydrogen) atoms. The average Bonchev–Trinajstić information content (AvgIpc) is 1.69. The Hall–Kier alpha value is -0.260. The van der Waals surface area contributed by atoms with Crippen LogP contribution in [0.1, 0.15) is 26.2 Å². The van der Waals surface area contributed by atoms with Gasteiger partial charge in [-0.2, -0.15) is 0 Å². The molecule has 0 saturated heterocycles. The lowest BCUT2D eigenvalue weighted by Crippen LogP contribution is -1.60. The summed E-state index contributed by atoms with van der Waals surface area (Å²) in [5, 5.41) is 0. The van der Waals surface area contributed by atoms with Crippen LogP contribution in [0, 0.1) is 13.0 Å². The van der Waals surface area contributed by atoms with Gasteiger partial charge in [0.25, 0.3) is 0 Å². The largest absolute Gasteiger partial charge is 0.0813 e. The quantitative estimate of drug-likeness (QED) is 0.506. The van der Waals surface area contributed by atoms with Crippen molar-refractivity contribution in [2.45, 2.75) is 26.2 Å². The third-order valence-corrected chi connectivity index (χ3v) is 0.670. The predicted molar refractivity (Wildman–Crippen MR) is 32.7 cm³/mol. The Labute approximate surface area is 46.2 Å². The second-order valence-corrected chi connectivity index (χ2v) is 1.42.